The van der Waals surface area contributed by atoms with Crippen LogP contribution in [0.2, 0.25) is 0 Å². The van der Waals surface area contributed by atoms with E-state index in [2.05, 4.69) is 10.1 Å². The van der Waals surface area contributed by atoms with Crippen LogP contribution in [0.3, 0.4) is 0 Å². The minimum atomic E-state index is -0.867. The van der Waals surface area contributed by atoms with Crippen LogP contribution >= 0.6 is 0 Å². The predicted molar refractivity (Wildman–Crippen MR) is 61.2 cm³/mol. The van der Waals surface area contributed by atoms with E-state index in [-0.39, 0.29) is 18.4 Å². The first-order valence-corrected chi connectivity index (χ1v) is 6.11. The van der Waals surface area contributed by atoms with E-state index in [0.717, 1.165) is 19.3 Å². The van der Waals surface area contributed by atoms with Crippen LogP contribution in [-0.4, -0.2) is 30.3 Å². The molecule has 17 heavy (non-hydrogen) atoms. The van der Waals surface area contributed by atoms with Gasteiger partial charge in [-0.25, -0.2) is 4.79 Å². The molecule has 5 nitrogen and oxygen atoms in total. The summed E-state index contributed by atoms with van der Waals surface area (Å²) in [6.07, 6.45) is 3.20. The maximum atomic E-state index is 11.7. The zero-order valence-corrected chi connectivity index (χ0v) is 10.3. The highest BCUT2D eigenvalue weighted by atomic mass is 16.5. The van der Waals surface area contributed by atoms with Crippen molar-refractivity contribution in [3.05, 3.63) is 0 Å². The molecule has 1 aliphatic rings. The molecule has 1 atom stereocenters. The SMILES string of the molecule is CCOC(=O)C(=O)C(CC)NC(=O)C1CCC1. The van der Waals surface area contributed by atoms with Crippen molar-refractivity contribution in [1.82, 2.24) is 5.32 Å². The van der Waals surface area contributed by atoms with Crippen molar-refractivity contribution >= 4 is 17.7 Å². The fraction of sp³-hybridized carbons (Fsp3) is 0.750. The second kappa shape index (κ2) is 6.37. The standard InChI is InChI=1S/C12H19NO4/c1-3-9(10(14)12(16)17-4-2)13-11(15)8-6-5-7-8/h8-9H,3-7H2,1-2H3,(H,13,15). The van der Waals surface area contributed by atoms with Gasteiger partial charge in [-0.1, -0.05) is 13.3 Å². The van der Waals surface area contributed by atoms with E-state index in [9.17, 15) is 14.4 Å². The zero-order chi connectivity index (χ0) is 12.8. The lowest BCUT2D eigenvalue weighted by Crippen LogP contribution is -2.47. The molecular formula is C12H19NO4. The molecule has 1 fully saturated rings. The molecule has 1 aliphatic carbocycles. The molecule has 0 spiro atoms. The van der Waals surface area contributed by atoms with Crippen molar-refractivity contribution in [2.45, 2.75) is 45.6 Å². The Morgan fingerprint density at radius 2 is 1.94 bits per heavy atom. The van der Waals surface area contributed by atoms with Crippen molar-refractivity contribution in [3.8, 4) is 0 Å². The Morgan fingerprint density at radius 3 is 2.35 bits per heavy atom. The molecule has 0 radical (unpaired) electrons. The predicted octanol–water partition coefficient (Wildman–Crippen LogP) is 0.813. The molecule has 1 unspecified atom stereocenters. The summed E-state index contributed by atoms with van der Waals surface area (Å²) in [6, 6.07) is -0.748. The van der Waals surface area contributed by atoms with Crippen LogP contribution in [0, 0.1) is 5.92 Å². The number of amides is 1. The van der Waals surface area contributed by atoms with Gasteiger partial charge in [0.05, 0.1) is 12.6 Å². The third-order valence-corrected chi connectivity index (χ3v) is 2.99. The summed E-state index contributed by atoms with van der Waals surface area (Å²) in [7, 11) is 0. The molecule has 0 heterocycles. The molecule has 1 N–H and O–H groups in total. The van der Waals surface area contributed by atoms with E-state index in [0.29, 0.717) is 6.42 Å². The summed E-state index contributed by atoms with van der Waals surface area (Å²) < 4.78 is 4.63. The number of hydrogen-bond donors (Lipinski definition) is 1. The number of ether oxygens (including phenoxy) is 1. The van der Waals surface area contributed by atoms with Gasteiger partial charge in [0.25, 0.3) is 5.78 Å². The Morgan fingerprint density at radius 1 is 1.29 bits per heavy atom. The van der Waals surface area contributed by atoms with E-state index >= 15 is 0 Å². The van der Waals surface area contributed by atoms with Gasteiger partial charge in [0.2, 0.25) is 5.91 Å². The molecule has 96 valence electrons. The lowest BCUT2D eigenvalue weighted by Gasteiger charge is -2.26. The fourth-order valence-corrected chi connectivity index (χ4v) is 1.66. The first kappa shape index (κ1) is 13.7. The second-order valence-corrected chi connectivity index (χ2v) is 4.18. The van der Waals surface area contributed by atoms with Gasteiger partial charge in [0, 0.05) is 5.92 Å². The van der Waals surface area contributed by atoms with E-state index in [1.165, 1.54) is 0 Å². The normalized spacial score (nSPS) is 16.8. The van der Waals surface area contributed by atoms with Gasteiger partial charge in [0.1, 0.15) is 0 Å². The average molecular weight is 241 g/mol. The van der Waals surface area contributed by atoms with Crippen molar-refractivity contribution < 1.29 is 19.1 Å². The summed E-state index contributed by atoms with van der Waals surface area (Å²) in [4.78, 5) is 34.6. The molecule has 1 amide bonds. The van der Waals surface area contributed by atoms with Crippen molar-refractivity contribution in [3.63, 3.8) is 0 Å². The van der Waals surface area contributed by atoms with Crippen LogP contribution in [0.5, 0.6) is 0 Å². The summed E-state index contributed by atoms with van der Waals surface area (Å²) in [5.74, 6) is -1.64. The third kappa shape index (κ3) is 3.54. The third-order valence-electron chi connectivity index (χ3n) is 2.99. The Hall–Kier alpha value is -1.39. The smallest absolute Gasteiger partial charge is 0.376 e. The van der Waals surface area contributed by atoms with Gasteiger partial charge in [0.15, 0.2) is 0 Å². The van der Waals surface area contributed by atoms with Gasteiger partial charge in [-0.3, -0.25) is 9.59 Å². The van der Waals surface area contributed by atoms with E-state index in [1.807, 2.05) is 0 Å². The summed E-state index contributed by atoms with van der Waals surface area (Å²) in [5.41, 5.74) is 0. The number of Topliss-reactive ketones (excluding diaryl/α,β-unsaturated/α-hetero) is 1. The van der Waals surface area contributed by atoms with Crippen molar-refractivity contribution in [1.29, 1.82) is 0 Å². The number of nitrogens with one attached hydrogen (secondary N) is 1. The number of esters is 1. The molecule has 0 aromatic rings. The van der Waals surface area contributed by atoms with Gasteiger partial charge in [-0.05, 0) is 26.2 Å². The number of hydrogen-bond acceptors (Lipinski definition) is 4. The van der Waals surface area contributed by atoms with Gasteiger partial charge in [-0.15, -0.1) is 0 Å². The first-order valence-electron chi connectivity index (χ1n) is 6.11. The van der Waals surface area contributed by atoms with E-state index in [1.54, 1.807) is 13.8 Å². The van der Waals surface area contributed by atoms with E-state index in [4.69, 9.17) is 0 Å². The quantitative estimate of drug-likeness (QED) is 0.552. The van der Waals surface area contributed by atoms with Crippen molar-refractivity contribution in [2.24, 2.45) is 5.92 Å². The van der Waals surface area contributed by atoms with E-state index < -0.39 is 17.8 Å². The molecule has 0 aliphatic heterocycles. The van der Waals surface area contributed by atoms with Gasteiger partial charge in [-0.2, -0.15) is 0 Å². The number of carbonyl (C=O) groups is 3. The molecule has 0 saturated heterocycles. The summed E-state index contributed by atoms with van der Waals surface area (Å²) in [5, 5.41) is 2.62. The fourth-order valence-electron chi connectivity index (χ4n) is 1.66. The monoisotopic (exact) mass is 241 g/mol. The number of ketones is 1. The topological polar surface area (TPSA) is 72.5 Å². The van der Waals surface area contributed by atoms with Crippen LogP contribution in [0.4, 0.5) is 0 Å². The van der Waals surface area contributed by atoms with Crippen molar-refractivity contribution in [2.75, 3.05) is 6.61 Å². The second-order valence-electron chi connectivity index (χ2n) is 4.18. The first-order chi connectivity index (χ1) is 8.10. The largest absolute Gasteiger partial charge is 0.460 e. The van der Waals surface area contributed by atoms with Crippen LogP contribution < -0.4 is 5.32 Å². The number of rotatable bonds is 6. The summed E-state index contributed by atoms with van der Waals surface area (Å²) in [6.45, 7) is 3.56. The molecule has 0 bridgehead atoms. The minimum absolute atomic E-state index is 0.0130. The van der Waals surface area contributed by atoms with Gasteiger partial charge < -0.3 is 10.1 Å². The van der Waals surface area contributed by atoms with Crippen LogP contribution in [0.1, 0.15) is 39.5 Å². The highest BCUT2D eigenvalue weighted by molar-refractivity contribution is 6.36. The molecule has 5 heteroatoms. The molecule has 1 saturated carbocycles. The average Bonchev–Trinajstić information content (AvgIpc) is 2.22. The highest BCUT2D eigenvalue weighted by Gasteiger charge is 2.31. The molecule has 1 rings (SSSR count). The minimum Gasteiger partial charge on any atom is -0.460 e. The molecule has 0 aromatic carbocycles. The molecular weight excluding hydrogens is 222 g/mol. The highest BCUT2D eigenvalue weighted by Crippen LogP contribution is 2.26. The summed E-state index contributed by atoms with van der Waals surface area (Å²) >= 11 is 0. The van der Waals surface area contributed by atoms with Crippen LogP contribution in [-0.2, 0) is 19.1 Å². The Bertz CT molecular complexity index is 310. The van der Waals surface area contributed by atoms with Crippen LogP contribution in [0.25, 0.3) is 0 Å². The maximum Gasteiger partial charge on any atom is 0.376 e. The molecule has 0 aromatic heterocycles. The Kier molecular flexibility index (Phi) is 5.12. The zero-order valence-electron chi connectivity index (χ0n) is 10.3. The maximum absolute atomic E-state index is 11.7. The van der Waals surface area contributed by atoms with Gasteiger partial charge >= 0.3 is 5.97 Å². The Labute approximate surface area is 101 Å². The number of carbonyl (C=O) groups excluding carboxylic acids is 3. The van der Waals surface area contributed by atoms with Crippen LogP contribution in [0.15, 0.2) is 0 Å². The Balaban J connectivity index is 2.49. The lowest BCUT2D eigenvalue weighted by molar-refractivity contribution is -0.154. The lowest BCUT2D eigenvalue weighted by atomic mass is 9.84.